The fraction of sp³-hybridized carbons (Fsp3) is 0.682. The Bertz CT molecular complexity index is 880. The van der Waals surface area contributed by atoms with E-state index >= 15 is 0 Å². The van der Waals surface area contributed by atoms with Crippen LogP contribution in [0.25, 0.3) is 0 Å². The maximum Gasteiger partial charge on any atom is 0.260 e. The molecule has 3 aliphatic heterocycles. The smallest absolute Gasteiger partial charge is 0.260 e. The molecule has 1 amide bonds. The number of nitrogens with zero attached hydrogens (tertiary/aromatic N) is 1. The first kappa shape index (κ1) is 21.6. The Morgan fingerprint density at radius 1 is 1.13 bits per heavy atom. The van der Waals surface area contributed by atoms with Gasteiger partial charge in [-0.05, 0) is 62.5 Å². The van der Waals surface area contributed by atoms with Gasteiger partial charge < -0.3 is 14.4 Å². The third-order valence-electron chi connectivity index (χ3n) is 6.66. The molecule has 1 aromatic rings. The van der Waals surface area contributed by atoms with Crippen LogP contribution in [0.2, 0.25) is 0 Å². The first-order valence-corrected chi connectivity index (χ1v) is 12.8. The van der Waals surface area contributed by atoms with Crippen molar-refractivity contribution in [3.05, 3.63) is 29.3 Å². The van der Waals surface area contributed by atoms with Gasteiger partial charge in [-0.3, -0.25) is 4.79 Å². The van der Waals surface area contributed by atoms with Gasteiger partial charge in [-0.25, -0.2) is 13.1 Å². The predicted molar refractivity (Wildman–Crippen MR) is 114 cm³/mol. The second-order valence-corrected chi connectivity index (χ2v) is 10.7. The van der Waals surface area contributed by atoms with E-state index in [4.69, 9.17) is 9.47 Å². The summed E-state index contributed by atoms with van der Waals surface area (Å²) in [6, 6.07) is 5.54. The van der Waals surface area contributed by atoms with Crippen LogP contribution < -0.4 is 9.46 Å². The van der Waals surface area contributed by atoms with Crippen molar-refractivity contribution in [3.63, 3.8) is 0 Å². The summed E-state index contributed by atoms with van der Waals surface area (Å²) in [5, 5.41) is 0. The van der Waals surface area contributed by atoms with Gasteiger partial charge in [0.05, 0.1) is 25.0 Å². The van der Waals surface area contributed by atoms with Gasteiger partial charge in [0.2, 0.25) is 10.0 Å². The minimum atomic E-state index is -3.38. The number of hydrogen-bond donors (Lipinski definition) is 1. The number of benzene rings is 1. The number of carbonyl (C=O) groups excluding carboxylic acids is 1. The van der Waals surface area contributed by atoms with E-state index in [0.717, 1.165) is 49.7 Å². The van der Waals surface area contributed by atoms with Crippen LogP contribution in [0.1, 0.15) is 55.6 Å². The van der Waals surface area contributed by atoms with Crippen molar-refractivity contribution in [1.29, 1.82) is 0 Å². The summed E-state index contributed by atoms with van der Waals surface area (Å²) in [5.74, 6) is 1.12. The van der Waals surface area contributed by atoms with Gasteiger partial charge in [0.25, 0.3) is 5.91 Å². The Morgan fingerprint density at radius 2 is 1.90 bits per heavy atom. The number of sulfonamides is 1. The van der Waals surface area contributed by atoms with Crippen molar-refractivity contribution in [1.82, 2.24) is 9.62 Å². The first-order chi connectivity index (χ1) is 14.3. The second kappa shape index (κ2) is 8.85. The van der Waals surface area contributed by atoms with E-state index < -0.39 is 10.0 Å². The van der Waals surface area contributed by atoms with Crippen LogP contribution in [0.4, 0.5) is 0 Å². The van der Waals surface area contributed by atoms with E-state index in [1.807, 2.05) is 13.0 Å². The number of aryl methyl sites for hydroxylation is 1. The molecule has 166 valence electrons. The zero-order valence-corrected chi connectivity index (χ0v) is 18.6. The van der Waals surface area contributed by atoms with E-state index in [1.54, 1.807) is 4.90 Å². The molecule has 8 heteroatoms. The van der Waals surface area contributed by atoms with Crippen molar-refractivity contribution < 1.29 is 22.7 Å². The highest BCUT2D eigenvalue weighted by Gasteiger charge is 2.37. The van der Waals surface area contributed by atoms with Crippen LogP contribution in [0.5, 0.6) is 5.75 Å². The minimum Gasteiger partial charge on any atom is -0.483 e. The lowest BCUT2D eigenvalue weighted by atomic mass is 9.82. The molecular formula is C22H32N2O5S. The highest BCUT2D eigenvalue weighted by molar-refractivity contribution is 7.88. The highest BCUT2D eigenvalue weighted by Crippen LogP contribution is 2.40. The summed E-state index contributed by atoms with van der Waals surface area (Å²) in [5.41, 5.74) is 2.23. The Kier molecular flexibility index (Phi) is 6.36. The molecule has 1 aliphatic carbocycles. The van der Waals surface area contributed by atoms with Crippen molar-refractivity contribution in [2.24, 2.45) is 0 Å². The largest absolute Gasteiger partial charge is 0.483 e. The molecule has 5 rings (SSSR count). The summed E-state index contributed by atoms with van der Waals surface area (Å²) >= 11 is 0. The standard InChI is InChI=1S/C22H32N2O5S/c1-15-5-3-6-18-16-8-10-17(11-9-16)28-13-20-19(23-30(2,26)27)7-4-12-24(20)21(25)14-29-22(15)18/h3,5-6,16-17,19-20,23H,4,7-14H2,1-2H3. The van der Waals surface area contributed by atoms with Gasteiger partial charge >= 0.3 is 0 Å². The fourth-order valence-electron chi connectivity index (χ4n) is 5.17. The molecule has 3 heterocycles. The van der Waals surface area contributed by atoms with E-state index in [1.165, 1.54) is 5.56 Å². The zero-order valence-electron chi connectivity index (χ0n) is 17.8. The zero-order chi connectivity index (χ0) is 21.3. The van der Waals surface area contributed by atoms with Crippen molar-refractivity contribution in [3.8, 4) is 5.75 Å². The summed E-state index contributed by atoms with van der Waals surface area (Å²) in [7, 11) is -3.38. The molecule has 1 aromatic carbocycles. The van der Waals surface area contributed by atoms with E-state index in [2.05, 4.69) is 16.9 Å². The molecule has 1 N–H and O–H groups in total. The molecule has 30 heavy (non-hydrogen) atoms. The van der Waals surface area contributed by atoms with Crippen LogP contribution in [0.15, 0.2) is 18.2 Å². The van der Waals surface area contributed by atoms with Crippen molar-refractivity contribution >= 4 is 15.9 Å². The van der Waals surface area contributed by atoms with E-state index in [0.29, 0.717) is 25.5 Å². The molecule has 2 bridgehead atoms. The molecule has 1 saturated heterocycles. The Labute approximate surface area is 179 Å². The lowest BCUT2D eigenvalue weighted by Crippen LogP contribution is -2.59. The number of para-hydroxylation sites is 1. The molecule has 2 atom stereocenters. The minimum absolute atomic E-state index is 0.0455. The monoisotopic (exact) mass is 436 g/mol. The lowest BCUT2D eigenvalue weighted by molar-refractivity contribution is -0.140. The molecule has 0 spiro atoms. The molecule has 1 saturated carbocycles. The number of amides is 1. The SMILES string of the molecule is Cc1cccc2c1OCC(=O)N1CCCC(NS(C)(=O)=O)C1COC1CCC2CC1. The van der Waals surface area contributed by atoms with Crippen molar-refractivity contribution in [2.75, 3.05) is 26.0 Å². The van der Waals surface area contributed by atoms with E-state index in [-0.39, 0.29) is 30.7 Å². The first-order valence-electron chi connectivity index (χ1n) is 10.9. The third-order valence-corrected chi connectivity index (χ3v) is 7.39. The molecule has 0 aromatic heterocycles. The van der Waals surface area contributed by atoms with Gasteiger partial charge in [0.1, 0.15) is 5.75 Å². The van der Waals surface area contributed by atoms with Gasteiger partial charge in [0, 0.05) is 12.6 Å². The quantitative estimate of drug-likeness (QED) is 0.769. The topological polar surface area (TPSA) is 84.9 Å². The van der Waals surface area contributed by atoms with Crippen LogP contribution >= 0.6 is 0 Å². The Balaban J connectivity index is 1.64. The number of nitrogens with one attached hydrogen (secondary N) is 1. The summed E-state index contributed by atoms with van der Waals surface area (Å²) in [6.45, 7) is 2.91. The maximum absolute atomic E-state index is 13.1. The fourth-order valence-corrected chi connectivity index (χ4v) is 6.00. The molecule has 0 radical (unpaired) electrons. The third kappa shape index (κ3) is 4.81. The Morgan fingerprint density at radius 3 is 2.63 bits per heavy atom. The summed E-state index contributed by atoms with van der Waals surface area (Å²) in [4.78, 5) is 14.9. The van der Waals surface area contributed by atoms with Crippen LogP contribution in [0, 0.1) is 6.92 Å². The van der Waals surface area contributed by atoms with E-state index in [9.17, 15) is 13.2 Å². The van der Waals surface area contributed by atoms with Gasteiger partial charge in [-0.1, -0.05) is 18.2 Å². The number of piperidine rings is 1. The molecule has 4 aliphatic rings. The molecular weight excluding hydrogens is 404 g/mol. The van der Waals surface area contributed by atoms with Crippen LogP contribution in [0.3, 0.4) is 0 Å². The average molecular weight is 437 g/mol. The molecule has 2 fully saturated rings. The van der Waals surface area contributed by atoms with Crippen LogP contribution in [-0.2, 0) is 19.6 Å². The number of carbonyl (C=O) groups is 1. The number of ether oxygens (including phenoxy) is 2. The Hall–Kier alpha value is -1.64. The molecule has 2 unspecified atom stereocenters. The van der Waals surface area contributed by atoms with Gasteiger partial charge in [0.15, 0.2) is 6.61 Å². The summed E-state index contributed by atoms with van der Waals surface area (Å²) < 4.78 is 38.9. The van der Waals surface area contributed by atoms with Crippen LogP contribution in [-0.4, -0.2) is 63.4 Å². The number of rotatable bonds is 2. The number of hydrogen-bond acceptors (Lipinski definition) is 5. The van der Waals surface area contributed by atoms with Gasteiger partial charge in [-0.2, -0.15) is 0 Å². The predicted octanol–water partition coefficient (Wildman–Crippen LogP) is 2.34. The summed E-state index contributed by atoms with van der Waals surface area (Å²) in [6.07, 6.45) is 6.73. The lowest BCUT2D eigenvalue weighted by Gasteiger charge is -2.41. The maximum atomic E-state index is 13.1. The number of fused-ring (bicyclic) bond motifs is 5. The molecule has 7 nitrogen and oxygen atoms in total. The second-order valence-electron chi connectivity index (χ2n) is 8.88. The van der Waals surface area contributed by atoms with Gasteiger partial charge in [-0.15, -0.1) is 0 Å². The highest BCUT2D eigenvalue weighted by atomic mass is 32.2. The average Bonchev–Trinajstić information content (AvgIpc) is 2.71. The normalized spacial score (nSPS) is 30.3. The van der Waals surface area contributed by atoms with Crippen molar-refractivity contribution in [2.45, 2.75) is 69.6 Å².